The van der Waals surface area contributed by atoms with Crippen LogP contribution in [0.15, 0.2) is 0 Å². The number of carbonyl (C=O) groups excluding carboxylic acids is 1. The van der Waals surface area contributed by atoms with E-state index in [9.17, 15) is 15.0 Å². The molecule has 0 spiro atoms. The highest BCUT2D eigenvalue weighted by Gasteiger charge is 2.55. The van der Waals surface area contributed by atoms with Crippen molar-refractivity contribution in [2.24, 2.45) is 29.1 Å². The van der Waals surface area contributed by atoms with Gasteiger partial charge in [-0.15, -0.1) is 0 Å². The van der Waals surface area contributed by atoms with E-state index >= 15 is 0 Å². The maximum absolute atomic E-state index is 12.8. The highest BCUT2D eigenvalue weighted by atomic mass is 16.6. The Balaban J connectivity index is 1.28. The number of aliphatic hydroxyl groups excluding tert-OH is 2. The largest absolute Gasteiger partial charge is 0.465 e. The van der Waals surface area contributed by atoms with Crippen molar-refractivity contribution in [2.45, 2.75) is 135 Å². The quantitative estimate of drug-likeness (QED) is 0.539. The zero-order valence-corrected chi connectivity index (χ0v) is 22.0. The Kier molecular flexibility index (Phi) is 8.03. The van der Waals surface area contributed by atoms with E-state index in [1.165, 1.54) is 0 Å². The predicted molar refractivity (Wildman–Crippen MR) is 130 cm³/mol. The molecule has 4 rings (SSSR count). The van der Waals surface area contributed by atoms with Gasteiger partial charge in [0.1, 0.15) is 0 Å². The average molecular weight is 481 g/mol. The van der Waals surface area contributed by atoms with Crippen LogP contribution in [-0.4, -0.2) is 58.9 Å². The van der Waals surface area contributed by atoms with Gasteiger partial charge in [0.2, 0.25) is 0 Å². The molecular weight excluding hydrogens is 432 g/mol. The maximum atomic E-state index is 12.8. The summed E-state index contributed by atoms with van der Waals surface area (Å²) in [5, 5.41) is 21.0. The summed E-state index contributed by atoms with van der Waals surface area (Å²) in [5.41, 5.74) is -0.575. The van der Waals surface area contributed by atoms with Crippen molar-refractivity contribution < 1.29 is 29.2 Å². The van der Waals surface area contributed by atoms with E-state index in [2.05, 4.69) is 34.6 Å². The van der Waals surface area contributed by atoms with Gasteiger partial charge in [-0.3, -0.25) is 4.79 Å². The minimum Gasteiger partial charge on any atom is -0.465 e. The SMILES string of the molecule is CCC1(C)CC(C(=O)OCC2CCC3C(C2)OC(C)C3(C)OC2CCC(C)CC2O)CCC1O. The van der Waals surface area contributed by atoms with Gasteiger partial charge in [-0.25, -0.2) is 0 Å². The average Bonchev–Trinajstić information content (AvgIpc) is 3.05. The van der Waals surface area contributed by atoms with Crippen LogP contribution in [0.2, 0.25) is 0 Å². The maximum Gasteiger partial charge on any atom is 0.308 e. The van der Waals surface area contributed by atoms with Gasteiger partial charge in [0, 0.05) is 5.92 Å². The molecule has 0 radical (unpaired) electrons. The van der Waals surface area contributed by atoms with Gasteiger partial charge in [0.25, 0.3) is 0 Å². The van der Waals surface area contributed by atoms with Crippen LogP contribution in [0.3, 0.4) is 0 Å². The van der Waals surface area contributed by atoms with Crippen molar-refractivity contribution in [1.29, 1.82) is 0 Å². The first-order valence-corrected chi connectivity index (χ1v) is 13.9. The van der Waals surface area contributed by atoms with Gasteiger partial charge in [-0.1, -0.05) is 20.8 Å². The fraction of sp³-hybridized carbons (Fsp3) is 0.964. The van der Waals surface area contributed by atoms with Crippen LogP contribution in [0.25, 0.3) is 0 Å². The number of ether oxygens (including phenoxy) is 3. The van der Waals surface area contributed by atoms with E-state index in [1.54, 1.807) is 0 Å². The second-order valence-corrected chi connectivity index (χ2v) is 12.6. The number of rotatable bonds is 6. The molecule has 11 unspecified atom stereocenters. The van der Waals surface area contributed by atoms with Crippen molar-refractivity contribution >= 4 is 5.97 Å². The van der Waals surface area contributed by atoms with E-state index in [1.807, 2.05) is 0 Å². The van der Waals surface area contributed by atoms with Crippen LogP contribution in [0.5, 0.6) is 0 Å². The second-order valence-electron chi connectivity index (χ2n) is 12.6. The molecule has 196 valence electrons. The fourth-order valence-electron chi connectivity index (χ4n) is 7.25. The van der Waals surface area contributed by atoms with Crippen LogP contribution in [0.4, 0.5) is 0 Å². The van der Waals surface area contributed by atoms with Crippen molar-refractivity contribution in [3.63, 3.8) is 0 Å². The standard InChI is InChI=1S/C28H48O6/c1-6-27(4)15-20(9-12-25(27)30)26(31)32-16-19-8-10-21-24(14-19)33-18(3)28(21,5)34-23-11-7-17(2)13-22(23)29/h17-25,29-30H,6-16H2,1-5H3. The van der Waals surface area contributed by atoms with Gasteiger partial charge >= 0.3 is 5.97 Å². The first-order valence-electron chi connectivity index (χ1n) is 13.9. The summed E-state index contributed by atoms with van der Waals surface area (Å²) in [6.07, 6.45) is 7.97. The molecule has 0 aromatic heterocycles. The van der Waals surface area contributed by atoms with Crippen LogP contribution in [0, 0.1) is 29.1 Å². The lowest BCUT2D eigenvalue weighted by molar-refractivity contribution is -0.174. The Morgan fingerprint density at radius 1 is 1.03 bits per heavy atom. The first kappa shape index (κ1) is 26.4. The van der Waals surface area contributed by atoms with Crippen molar-refractivity contribution in [3.8, 4) is 0 Å². The Morgan fingerprint density at radius 2 is 1.79 bits per heavy atom. The summed E-state index contributed by atoms with van der Waals surface area (Å²) < 4.78 is 18.9. The topological polar surface area (TPSA) is 85.2 Å². The molecule has 11 atom stereocenters. The zero-order chi connectivity index (χ0) is 24.7. The smallest absolute Gasteiger partial charge is 0.308 e. The van der Waals surface area contributed by atoms with E-state index in [0.29, 0.717) is 43.6 Å². The summed E-state index contributed by atoms with van der Waals surface area (Å²) in [6, 6.07) is 0. The first-order chi connectivity index (χ1) is 16.1. The monoisotopic (exact) mass is 480 g/mol. The summed E-state index contributed by atoms with van der Waals surface area (Å²) in [6.45, 7) is 11.1. The van der Waals surface area contributed by atoms with Crippen molar-refractivity contribution in [3.05, 3.63) is 0 Å². The van der Waals surface area contributed by atoms with E-state index in [-0.39, 0.29) is 47.3 Å². The molecule has 1 heterocycles. The molecule has 1 aliphatic heterocycles. The molecule has 0 amide bonds. The van der Waals surface area contributed by atoms with Gasteiger partial charge in [0.05, 0.1) is 48.6 Å². The minimum atomic E-state index is -0.391. The Hall–Kier alpha value is -0.690. The molecule has 6 heteroatoms. The molecule has 0 bridgehead atoms. The third kappa shape index (κ3) is 5.21. The third-order valence-electron chi connectivity index (χ3n) is 10.2. The normalized spacial score (nSPS) is 49.4. The summed E-state index contributed by atoms with van der Waals surface area (Å²) >= 11 is 0. The number of fused-ring (bicyclic) bond motifs is 1. The van der Waals surface area contributed by atoms with Crippen LogP contribution in [0.1, 0.15) is 98.8 Å². The fourth-order valence-corrected chi connectivity index (χ4v) is 7.25. The molecule has 3 saturated carbocycles. The third-order valence-corrected chi connectivity index (χ3v) is 10.2. The number of hydrogen-bond acceptors (Lipinski definition) is 6. The molecule has 3 aliphatic carbocycles. The lowest BCUT2D eigenvalue weighted by Crippen LogP contribution is -2.50. The second kappa shape index (κ2) is 10.4. The molecule has 0 aromatic rings. The van der Waals surface area contributed by atoms with Crippen LogP contribution in [-0.2, 0) is 19.0 Å². The van der Waals surface area contributed by atoms with E-state index < -0.39 is 6.10 Å². The van der Waals surface area contributed by atoms with E-state index in [4.69, 9.17) is 14.2 Å². The predicted octanol–water partition coefficient (Wildman–Crippen LogP) is 4.64. The summed E-state index contributed by atoms with van der Waals surface area (Å²) in [4.78, 5) is 12.8. The lowest BCUT2D eigenvalue weighted by Gasteiger charge is -2.43. The summed E-state index contributed by atoms with van der Waals surface area (Å²) in [7, 11) is 0. The van der Waals surface area contributed by atoms with Crippen molar-refractivity contribution in [1.82, 2.24) is 0 Å². The Bertz CT molecular complexity index is 713. The van der Waals surface area contributed by atoms with Crippen molar-refractivity contribution in [2.75, 3.05) is 6.61 Å². The molecule has 0 aromatic carbocycles. The lowest BCUT2D eigenvalue weighted by atomic mass is 9.67. The molecule has 4 fully saturated rings. The molecule has 6 nitrogen and oxygen atoms in total. The van der Waals surface area contributed by atoms with Crippen LogP contribution >= 0.6 is 0 Å². The molecule has 2 N–H and O–H groups in total. The minimum absolute atomic E-state index is 0.0178. The summed E-state index contributed by atoms with van der Waals surface area (Å²) in [5.74, 6) is 0.982. The van der Waals surface area contributed by atoms with Crippen LogP contribution < -0.4 is 0 Å². The Labute approximate surface area is 206 Å². The molecule has 1 saturated heterocycles. The van der Waals surface area contributed by atoms with Gasteiger partial charge in [0.15, 0.2) is 0 Å². The molecular formula is C28H48O6. The highest BCUT2D eigenvalue weighted by Crippen LogP contribution is 2.49. The van der Waals surface area contributed by atoms with Gasteiger partial charge < -0.3 is 24.4 Å². The number of esters is 1. The number of aliphatic hydroxyl groups is 2. The number of carbonyl (C=O) groups is 1. The Morgan fingerprint density at radius 3 is 2.50 bits per heavy atom. The molecule has 4 aliphatic rings. The van der Waals surface area contributed by atoms with Gasteiger partial charge in [-0.05, 0) is 95.3 Å². The highest BCUT2D eigenvalue weighted by molar-refractivity contribution is 5.72. The zero-order valence-electron chi connectivity index (χ0n) is 22.0. The van der Waals surface area contributed by atoms with Gasteiger partial charge in [-0.2, -0.15) is 0 Å². The number of hydrogen-bond donors (Lipinski definition) is 2. The molecule has 34 heavy (non-hydrogen) atoms. The van der Waals surface area contributed by atoms with E-state index in [0.717, 1.165) is 44.9 Å².